The van der Waals surface area contributed by atoms with Gasteiger partial charge >= 0.3 is 0 Å². The zero-order valence-electron chi connectivity index (χ0n) is 55.7. The van der Waals surface area contributed by atoms with Gasteiger partial charge in [-0.3, -0.25) is 4.18 Å². The third-order valence-electron chi connectivity index (χ3n) is 12.5. The van der Waals surface area contributed by atoms with Crippen LogP contribution in [-0.2, 0) is 125 Å². The van der Waals surface area contributed by atoms with Crippen LogP contribution in [0.5, 0.6) is 0 Å². The van der Waals surface area contributed by atoms with Crippen LogP contribution >= 0.6 is 0 Å². The molecule has 0 radical (unpaired) electrons. The first-order valence-electron chi connectivity index (χ1n) is 33.4. The Bertz CT molecular complexity index is 1630. The average Bonchev–Trinajstić information content (AvgIpc) is 1.98. The number of aliphatic hydroxyl groups is 1. The summed E-state index contributed by atoms with van der Waals surface area (Å²) in [6.07, 6.45) is 13.9. The molecular weight excluding hydrogens is 1220 g/mol. The van der Waals surface area contributed by atoms with E-state index < -0.39 is 10.1 Å². The van der Waals surface area contributed by atoms with Crippen molar-refractivity contribution in [3.63, 3.8) is 0 Å². The molecule has 1 N–H and O–H groups in total. The minimum Gasteiger partial charge on any atom is -0.394 e. The Labute approximate surface area is 546 Å². The summed E-state index contributed by atoms with van der Waals surface area (Å²) in [6, 6.07) is 7.01. The zero-order chi connectivity index (χ0) is 65.1. The molecule has 26 nitrogen and oxygen atoms in total. The van der Waals surface area contributed by atoms with Crippen LogP contribution in [0.3, 0.4) is 0 Å². The predicted molar refractivity (Wildman–Crippen MR) is 340 cm³/mol. The van der Waals surface area contributed by atoms with Gasteiger partial charge in [0.2, 0.25) is 0 Å². The highest BCUT2D eigenvalue weighted by molar-refractivity contribution is 7.86. The molecule has 0 saturated heterocycles. The Kier molecular flexibility index (Phi) is 72.4. The number of unbranched alkanes of at least 4 members (excludes halogenated alkanes) is 9. The molecule has 0 aliphatic rings. The number of ether oxygens (including phenoxy) is 22. The van der Waals surface area contributed by atoms with Gasteiger partial charge in [0.25, 0.3) is 10.1 Å². The van der Waals surface area contributed by atoms with Crippen molar-refractivity contribution in [3.8, 4) is 0 Å². The van der Waals surface area contributed by atoms with Crippen LogP contribution in [0.1, 0.15) is 76.7 Å². The molecule has 0 atom stereocenters. The number of aryl methyl sites for hydroxylation is 1. The molecule has 91 heavy (non-hydrogen) atoms. The standard InChI is InChI=1S/C64H122O26S/c1-2-3-4-5-6-7-8-9-10-11-12-63-13-15-64(16-14-63)91(66,67)90-62-61-89-60-59-88-58-57-87-56-55-86-54-53-85-52-51-84-50-49-83-48-47-82-46-45-81-44-43-80-42-41-79-40-39-78-38-37-77-36-35-76-34-33-75-32-31-74-30-29-73-28-27-72-26-25-71-24-23-70-22-21-69-20-19-68-18-17-65/h13-16,65H,2-12,17-62H2,1H3. The Morgan fingerprint density at radius 1 is 0.242 bits per heavy atom. The fraction of sp³-hybridized carbons (Fsp3) is 0.906. The van der Waals surface area contributed by atoms with Crippen molar-refractivity contribution in [1.82, 2.24) is 0 Å². The number of hydrogen-bond donors (Lipinski definition) is 1. The van der Waals surface area contributed by atoms with Crippen molar-refractivity contribution in [2.75, 3.05) is 304 Å². The second-order valence-corrected chi connectivity index (χ2v) is 21.7. The molecule has 0 spiro atoms. The van der Waals surface area contributed by atoms with Gasteiger partial charge in [-0.2, -0.15) is 8.42 Å². The highest BCUT2D eigenvalue weighted by Gasteiger charge is 2.15. The number of benzene rings is 1. The molecule has 0 amide bonds. The van der Waals surface area contributed by atoms with Gasteiger partial charge in [0.05, 0.1) is 309 Å². The van der Waals surface area contributed by atoms with E-state index in [0.717, 1.165) is 18.4 Å². The molecule has 0 fully saturated rings. The topological polar surface area (TPSA) is 267 Å². The fourth-order valence-electron chi connectivity index (χ4n) is 7.69. The van der Waals surface area contributed by atoms with Crippen molar-refractivity contribution in [1.29, 1.82) is 0 Å². The first-order valence-corrected chi connectivity index (χ1v) is 34.8. The lowest BCUT2D eigenvalue weighted by Gasteiger charge is -2.09. The fourth-order valence-corrected chi connectivity index (χ4v) is 8.59. The first-order chi connectivity index (χ1) is 45.1. The Hall–Kier alpha value is -1.79. The van der Waals surface area contributed by atoms with E-state index in [1.807, 2.05) is 12.1 Å². The molecule has 0 heterocycles. The Morgan fingerprint density at radius 3 is 0.615 bits per heavy atom. The third kappa shape index (κ3) is 69.4. The molecule has 1 rings (SSSR count). The largest absolute Gasteiger partial charge is 0.394 e. The summed E-state index contributed by atoms with van der Waals surface area (Å²) < 4.78 is 151. The maximum absolute atomic E-state index is 12.6. The van der Waals surface area contributed by atoms with Crippen LogP contribution in [0.4, 0.5) is 0 Å². The summed E-state index contributed by atoms with van der Waals surface area (Å²) in [6.45, 7) is 22.3. The lowest BCUT2D eigenvalue weighted by atomic mass is 10.0. The van der Waals surface area contributed by atoms with Crippen molar-refractivity contribution >= 4 is 10.1 Å². The van der Waals surface area contributed by atoms with E-state index in [2.05, 4.69) is 6.92 Å². The van der Waals surface area contributed by atoms with Gasteiger partial charge < -0.3 is 109 Å². The van der Waals surface area contributed by atoms with Gasteiger partial charge in [-0.1, -0.05) is 76.8 Å². The van der Waals surface area contributed by atoms with Crippen molar-refractivity contribution in [2.45, 2.75) is 82.4 Å². The monoisotopic (exact) mass is 1340 g/mol. The molecule has 0 saturated carbocycles. The van der Waals surface area contributed by atoms with Gasteiger partial charge in [-0.05, 0) is 30.5 Å². The van der Waals surface area contributed by atoms with Crippen LogP contribution in [-0.4, -0.2) is 317 Å². The Morgan fingerprint density at radius 2 is 0.418 bits per heavy atom. The van der Waals surface area contributed by atoms with E-state index in [4.69, 9.17) is 114 Å². The summed E-state index contributed by atoms with van der Waals surface area (Å²) in [7, 11) is -3.83. The van der Waals surface area contributed by atoms with E-state index in [-0.39, 0.29) is 24.7 Å². The minimum absolute atomic E-state index is 0.0163. The van der Waals surface area contributed by atoms with Gasteiger partial charge in [0.1, 0.15) is 0 Å². The van der Waals surface area contributed by atoms with Crippen LogP contribution < -0.4 is 0 Å². The van der Waals surface area contributed by atoms with Crippen LogP contribution in [0, 0.1) is 0 Å². The van der Waals surface area contributed by atoms with Crippen molar-refractivity contribution < 1.29 is 122 Å². The van der Waals surface area contributed by atoms with Gasteiger partial charge in [-0.25, -0.2) is 0 Å². The van der Waals surface area contributed by atoms with Crippen LogP contribution in [0.2, 0.25) is 0 Å². The summed E-state index contributed by atoms with van der Waals surface area (Å²) in [5, 5.41) is 8.62. The maximum Gasteiger partial charge on any atom is 0.297 e. The SMILES string of the molecule is CCCCCCCCCCCCc1ccc(S(=O)(=O)OCCOCCOCCOCCOCCOCCOCCOCCOCCOCCOCCOCCOCCOCCOCCOCCOCCOCCOCCOCCOCCOCCOCCO)cc1. The normalized spacial score (nSPS) is 11.9. The smallest absolute Gasteiger partial charge is 0.297 e. The number of aliphatic hydroxyl groups excluding tert-OH is 1. The Balaban J connectivity index is 1.65. The second-order valence-electron chi connectivity index (χ2n) is 20.0. The van der Waals surface area contributed by atoms with Crippen molar-refractivity contribution in [3.05, 3.63) is 29.8 Å². The summed E-state index contributed by atoms with van der Waals surface area (Å²) >= 11 is 0. The molecule has 27 heteroatoms. The van der Waals surface area contributed by atoms with Gasteiger partial charge in [0, 0.05) is 0 Å². The number of rotatable bonds is 81. The van der Waals surface area contributed by atoms with Gasteiger partial charge in [-0.15, -0.1) is 0 Å². The lowest BCUT2D eigenvalue weighted by molar-refractivity contribution is -0.0318. The average molecular weight is 1340 g/mol. The maximum atomic E-state index is 12.6. The minimum atomic E-state index is -3.83. The molecule has 1 aromatic carbocycles. The van der Waals surface area contributed by atoms with Crippen molar-refractivity contribution in [2.24, 2.45) is 0 Å². The van der Waals surface area contributed by atoms with Crippen LogP contribution in [0.25, 0.3) is 0 Å². The third-order valence-corrected chi connectivity index (χ3v) is 13.9. The molecule has 0 aromatic heterocycles. The molecular formula is C64H122O26S. The summed E-state index contributed by atoms with van der Waals surface area (Å²) in [4.78, 5) is 0.160. The number of hydrogen-bond acceptors (Lipinski definition) is 26. The highest BCUT2D eigenvalue weighted by atomic mass is 32.2. The van der Waals surface area contributed by atoms with E-state index in [1.165, 1.54) is 57.8 Å². The summed E-state index contributed by atoms with van der Waals surface area (Å²) in [5.41, 5.74) is 1.14. The van der Waals surface area contributed by atoms with Gasteiger partial charge in [0.15, 0.2) is 0 Å². The van der Waals surface area contributed by atoms with E-state index in [1.54, 1.807) is 12.1 Å². The molecule has 0 aliphatic heterocycles. The predicted octanol–water partition coefficient (Wildman–Crippen LogP) is 5.21. The first kappa shape index (κ1) is 87.2. The van der Waals surface area contributed by atoms with E-state index >= 15 is 0 Å². The molecule has 0 aliphatic carbocycles. The second kappa shape index (κ2) is 75.6. The molecule has 0 bridgehead atoms. The molecule has 540 valence electrons. The van der Waals surface area contributed by atoms with Crippen LogP contribution in [0.15, 0.2) is 29.2 Å². The molecule has 1 aromatic rings. The zero-order valence-corrected chi connectivity index (χ0v) is 56.5. The van der Waals surface area contributed by atoms with E-state index in [0.29, 0.717) is 284 Å². The molecule has 0 unspecified atom stereocenters. The summed E-state index contributed by atoms with van der Waals surface area (Å²) in [5.74, 6) is 0. The highest BCUT2D eigenvalue weighted by Crippen LogP contribution is 2.17. The quantitative estimate of drug-likeness (QED) is 0.0648. The van der Waals surface area contributed by atoms with E-state index in [9.17, 15) is 8.42 Å². The lowest BCUT2D eigenvalue weighted by Crippen LogP contribution is -2.16.